The molecule has 94 valence electrons. The number of nitrogens with zero attached hydrogens (tertiary/aromatic N) is 2. The summed E-state index contributed by atoms with van der Waals surface area (Å²) in [5.41, 5.74) is 2.76. The molecule has 2 aromatic heterocycles. The third-order valence-corrected chi connectivity index (χ3v) is 5.62. The van der Waals surface area contributed by atoms with E-state index in [2.05, 4.69) is 27.9 Å². The summed E-state index contributed by atoms with van der Waals surface area (Å²) in [6.07, 6.45) is 9.62. The van der Waals surface area contributed by atoms with Crippen molar-refractivity contribution in [2.75, 3.05) is 0 Å². The smallest absolute Gasteiger partial charge is 0.0957 e. The number of rotatable bonds is 1. The van der Waals surface area contributed by atoms with Gasteiger partial charge in [-0.2, -0.15) is 0 Å². The van der Waals surface area contributed by atoms with E-state index in [1.165, 1.54) is 36.9 Å². The third kappa shape index (κ3) is 1.43. The molecule has 1 aliphatic carbocycles. The van der Waals surface area contributed by atoms with Crippen LogP contribution in [0.2, 0.25) is 0 Å². The van der Waals surface area contributed by atoms with Gasteiger partial charge in [0.15, 0.2) is 0 Å². The van der Waals surface area contributed by atoms with Gasteiger partial charge in [0.05, 0.1) is 24.3 Å². The fourth-order valence-corrected chi connectivity index (χ4v) is 4.93. The molecule has 3 heteroatoms. The maximum Gasteiger partial charge on any atom is 0.0957 e. The van der Waals surface area contributed by atoms with Crippen LogP contribution in [0.4, 0.5) is 0 Å². The molecule has 1 aliphatic heterocycles. The zero-order chi connectivity index (χ0) is 12.1. The van der Waals surface area contributed by atoms with Gasteiger partial charge in [0.25, 0.3) is 0 Å². The van der Waals surface area contributed by atoms with Gasteiger partial charge in [-0.25, -0.2) is 4.98 Å². The minimum atomic E-state index is 0.570. The van der Waals surface area contributed by atoms with Crippen LogP contribution < -0.4 is 0 Å². The maximum atomic E-state index is 4.35. The molecule has 0 N–H and O–H groups in total. The topological polar surface area (TPSA) is 17.8 Å². The van der Waals surface area contributed by atoms with E-state index >= 15 is 0 Å². The van der Waals surface area contributed by atoms with Gasteiger partial charge < -0.3 is 4.57 Å². The van der Waals surface area contributed by atoms with Gasteiger partial charge in [-0.1, -0.05) is 19.8 Å². The summed E-state index contributed by atoms with van der Waals surface area (Å²) in [5, 5.41) is 2.24. The van der Waals surface area contributed by atoms with Crippen LogP contribution in [0.25, 0.3) is 11.3 Å². The molecule has 0 amide bonds. The Balaban J connectivity index is 1.77. The number of aromatic nitrogens is 2. The predicted molar refractivity (Wildman–Crippen MR) is 74.8 cm³/mol. The molecule has 0 aromatic carbocycles. The van der Waals surface area contributed by atoms with E-state index < -0.39 is 0 Å². The molecule has 2 aromatic rings. The molecule has 3 heterocycles. The monoisotopic (exact) mass is 258 g/mol. The number of thiophene rings is 1. The molecule has 4 rings (SSSR count). The molecule has 0 spiro atoms. The standard InChI is InChI=1S/C15H18N2S/c1-10-3-2-4-11(7-10)14-15-12(5-6-18-15)13-8-16-9-17(13)14/h5-6,8-11,14H,2-4,7H2,1H3/t10-,11?,14+/m1/s1. The lowest BCUT2D eigenvalue weighted by Crippen LogP contribution is -2.22. The summed E-state index contributed by atoms with van der Waals surface area (Å²) in [6.45, 7) is 2.41. The highest BCUT2D eigenvalue weighted by atomic mass is 32.1. The molecular weight excluding hydrogens is 240 g/mol. The third-order valence-electron chi connectivity index (χ3n) is 4.63. The molecule has 0 radical (unpaired) electrons. The van der Waals surface area contributed by atoms with Crippen LogP contribution in [-0.4, -0.2) is 9.55 Å². The highest BCUT2D eigenvalue weighted by Gasteiger charge is 2.36. The number of imidazole rings is 1. The average Bonchev–Trinajstić information content (AvgIpc) is 2.99. The summed E-state index contributed by atoms with van der Waals surface area (Å²) < 4.78 is 2.42. The summed E-state index contributed by atoms with van der Waals surface area (Å²) in [4.78, 5) is 5.93. The Bertz CT molecular complexity index is 528. The van der Waals surface area contributed by atoms with Crippen molar-refractivity contribution in [3.05, 3.63) is 28.8 Å². The van der Waals surface area contributed by atoms with E-state index in [0.717, 1.165) is 11.8 Å². The molecule has 0 saturated heterocycles. The second-order valence-corrected chi connectivity index (χ2v) is 6.81. The van der Waals surface area contributed by atoms with Gasteiger partial charge in [-0.3, -0.25) is 0 Å². The van der Waals surface area contributed by atoms with Crippen LogP contribution >= 0.6 is 11.3 Å². The Morgan fingerprint density at radius 3 is 3.22 bits per heavy atom. The summed E-state index contributed by atoms with van der Waals surface area (Å²) in [7, 11) is 0. The Labute approximate surface area is 112 Å². The van der Waals surface area contributed by atoms with Crippen molar-refractivity contribution in [2.45, 2.75) is 38.6 Å². The lowest BCUT2D eigenvalue weighted by Gasteiger charge is -2.32. The van der Waals surface area contributed by atoms with E-state index in [4.69, 9.17) is 0 Å². The summed E-state index contributed by atoms with van der Waals surface area (Å²) in [5.74, 6) is 1.70. The fraction of sp³-hybridized carbons (Fsp3) is 0.533. The van der Waals surface area contributed by atoms with Crippen molar-refractivity contribution in [1.29, 1.82) is 0 Å². The normalized spacial score (nSPS) is 30.2. The maximum absolute atomic E-state index is 4.35. The summed E-state index contributed by atoms with van der Waals surface area (Å²) >= 11 is 1.93. The lowest BCUT2D eigenvalue weighted by atomic mass is 9.78. The second-order valence-electron chi connectivity index (χ2n) is 5.86. The minimum Gasteiger partial charge on any atom is -0.322 e. The van der Waals surface area contributed by atoms with Crippen molar-refractivity contribution < 1.29 is 0 Å². The molecule has 1 fully saturated rings. The van der Waals surface area contributed by atoms with Crippen molar-refractivity contribution in [1.82, 2.24) is 9.55 Å². The van der Waals surface area contributed by atoms with Gasteiger partial charge >= 0.3 is 0 Å². The Kier molecular flexibility index (Phi) is 2.37. The lowest BCUT2D eigenvalue weighted by molar-refractivity contribution is 0.234. The zero-order valence-corrected chi connectivity index (χ0v) is 11.5. The van der Waals surface area contributed by atoms with Gasteiger partial charge in [-0.15, -0.1) is 11.3 Å². The quantitative estimate of drug-likeness (QED) is 0.744. The van der Waals surface area contributed by atoms with Crippen LogP contribution in [-0.2, 0) is 0 Å². The first-order valence-corrected chi connectivity index (χ1v) is 7.82. The molecule has 1 saturated carbocycles. The first-order valence-electron chi connectivity index (χ1n) is 6.94. The van der Waals surface area contributed by atoms with Crippen LogP contribution in [0.15, 0.2) is 24.0 Å². The predicted octanol–water partition coefficient (Wildman–Crippen LogP) is 4.34. The molecule has 18 heavy (non-hydrogen) atoms. The number of hydrogen-bond acceptors (Lipinski definition) is 2. The van der Waals surface area contributed by atoms with Gasteiger partial charge in [-0.05, 0) is 36.1 Å². The van der Waals surface area contributed by atoms with E-state index in [-0.39, 0.29) is 0 Å². The first kappa shape index (κ1) is 10.8. The highest BCUT2D eigenvalue weighted by Crippen LogP contribution is 2.49. The Morgan fingerprint density at radius 2 is 2.33 bits per heavy atom. The van der Waals surface area contributed by atoms with E-state index in [0.29, 0.717) is 6.04 Å². The van der Waals surface area contributed by atoms with Gasteiger partial charge in [0.2, 0.25) is 0 Å². The first-order chi connectivity index (χ1) is 8.84. The SMILES string of the molecule is C[C@@H]1CCCC([C@H]2c3sccc3-c3cncn32)C1. The Morgan fingerprint density at radius 1 is 1.39 bits per heavy atom. The van der Waals surface area contributed by atoms with E-state index in [1.807, 2.05) is 23.9 Å². The molecule has 2 aliphatic rings. The Hall–Kier alpha value is -1.09. The van der Waals surface area contributed by atoms with Crippen molar-refractivity contribution >= 4 is 11.3 Å². The number of hydrogen-bond donors (Lipinski definition) is 0. The fourth-order valence-electron chi connectivity index (χ4n) is 3.83. The minimum absolute atomic E-state index is 0.570. The van der Waals surface area contributed by atoms with Gasteiger partial charge in [0.1, 0.15) is 0 Å². The molecule has 0 bridgehead atoms. The molecule has 2 nitrogen and oxygen atoms in total. The molecule has 3 atom stereocenters. The zero-order valence-electron chi connectivity index (χ0n) is 10.7. The molecule has 1 unspecified atom stereocenters. The van der Waals surface area contributed by atoms with Crippen LogP contribution in [0.5, 0.6) is 0 Å². The van der Waals surface area contributed by atoms with Crippen molar-refractivity contribution in [3.63, 3.8) is 0 Å². The second kappa shape index (κ2) is 3.95. The number of fused-ring (bicyclic) bond motifs is 3. The molecular formula is C15H18N2S. The summed E-state index contributed by atoms with van der Waals surface area (Å²) in [6, 6.07) is 2.83. The van der Waals surface area contributed by atoms with Crippen LogP contribution in [0.1, 0.15) is 43.5 Å². The van der Waals surface area contributed by atoms with Crippen molar-refractivity contribution in [3.8, 4) is 11.3 Å². The van der Waals surface area contributed by atoms with Crippen LogP contribution in [0.3, 0.4) is 0 Å². The van der Waals surface area contributed by atoms with E-state index in [1.54, 1.807) is 4.88 Å². The highest BCUT2D eigenvalue weighted by molar-refractivity contribution is 7.10. The van der Waals surface area contributed by atoms with Crippen LogP contribution in [0, 0.1) is 11.8 Å². The van der Waals surface area contributed by atoms with Crippen molar-refractivity contribution in [2.24, 2.45) is 11.8 Å². The average molecular weight is 258 g/mol. The largest absolute Gasteiger partial charge is 0.322 e. The van der Waals surface area contributed by atoms with Gasteiger partial charge in [0, 0.05) is 10.4 Å². The van der Waals surface area contributed by atoms with E-state index in [9.17, 15) is 0 Å².